The Balaban J connectivity index is 0.000000461. The standard InChI is InChI=1S/C9H16N2O.C2H6/c1-3-11-6-9(2)5-10-4-7(9)8(11)12;1-2/h7,10H,3-6H2,1-2H3;1-2H3/t7-,9+;/m1./s1. The van der Waals surface area contributed by atoms with Crippen LogP contribution in [0.15, 0.2) is 0 Å². The van der Waals surface area contributed by atoms with Crippen molar-refractivity contribution < 1.29 is 4.79 Å². The summed E-state index contributed by atoms with van der Waals surface area (Å²) in [7, 11) is 0. The average molecular weight is 198 g/mol. The molecule has 3 nitrogen and oxygen atoms in total. The van der Waals surface area contributed by atoms with Gasteiger partial charge in [-0.05, 0) is 6.92 Å². The fraction of sp³-hybridized carbons (Fsp3) is 0.909. The van der Waals surface area contributed by atoms with Gasteiger partial charge < -0.3 is 10.2 Å². The first-order chi connectivity index (χ1) is 6.67. The second kappa shape index (κ2) is 4.30. The second-order valence-corrected chi connectivity index (χ2v) is 4.19. The number of carbonyl (C=O) groups excluding carboxylic acids is 1. The maximum absolute atomic E-state index is 11.7. The lowest BCUT2D eigenvalue weighted by Crippen LogP contribution is -2.31. The normalized spacial score (nSPS) is 35.3. The minimum absolute atomic E-state index is 0.215. The molecule has 0 bridgehead atoms. The third-order valence-corrected chi connectivity index (χ3v) is 3.26. The number of rotatable bonds is 1. The molecule has 0 saturated carbocycles. The van der Waals surface area contributed by atoms with Gasteiger partial charge in [0.15, 0.2) is 0 Å². The molecule has 2 aliphatic rings. The van der Waals surface area contributed by atoms with Crippen molar-refractivity contribution in [3.05, 3.63) is 0 Å². The summed E-state index contributed by atoms with van der Waals surface area (Å²) < 4.78 is 0. The highest BCUT2D eigenvalue weighted by molar-refractivity contribution is 5.83. The Morgan fingerprint density at radius 1 is 1.57 bits per heavy atom. The predicted octanol–water partition coefficient (Wildman–Crippen LogP) is 1.10. The van der Waals surface area contributed by atoms with Crippen LogP contribution in [-0.4, -0.2) is 37.0 Å². The fourth-order valence-corrected chi connectivity index (χ4v) is 2.43. The first-order valence-electron chi connectivity index (χ1n) is 5.67. The fourth-order valence-electron chi connectivity index (χ4n) is 2.43. The van der Waals surface area contributed by atoms with Gasteiger partial charge in [0, 0.05) is 31.6 Å². The lowest BCUT2D eigenvalue weighted by atomic mass is 9.83. The molecule has 2 fully saturated rings. The number of carbonyl (C=O) groups is 1. The molecule has 2 heterocycles. The number of hydrogen-bond acceptors (Lipinski definition) is 2. The number of amides is 1. The van der Waals surface area contributed by atoms with Gasteiger partial charge in [0.1, 0.15) is 0 Å². The molecule has 82 valence electrons. The van der Waals surface area contributed by atoms with Crippen LogP contribution in [0.2, 0.25) is 0 Å². The first-order valence-corrected chi connectivity index (χ1v) is 5.67. The molecule has 0 aromatic rings. The van der Waals surface area contributed by atoms with Crippen LogP contribution in [0.5, 0.6) is 0 Å². The molecular weight excluding hydrogens is 176 g/mol. The van der Waals surface area contributed by atoms with Crippen LogP contribution < -0.4 is 5.32 Å². The molecule has 0 aromatic heterocycles. The summed E-state index contributed by atoms with van der Waals surface area (Å²) in [6, 6.07) is 0. The third-order valence-electron chi connectivity index (χ3n) is 3.26. The van der Waals surface area contributed by atoms with Crippen molar-refractivity contribution in [2.24, 2.45) is 11.3 Å². The van der Waals surface area contributed by atoms with Gasteiger partial charge in [-0.15, -0.1) is 0 Å². The third kappa shape index (κ3) is 1.65. The van der Waals surface area contributed by atoms with Gasteiger partial charge in [-0.1, -0.05) is 20.8 Å². The summed E-state index contributed by atoms with van der Waals surface area (Å²) in [5, 5.41) is 3.29. The zero-order chi connectivity index (χ0) is 10.8. The van der Waals surface area contributed by atoms with Gasteiger partial charge >= 0.3 is 0 Å². The van der Waals surface area contributed by atoms with Crippen LogP contribution in [0, 0.1) is 11.3 Å². The quantitative estimate of drug-likeness (QED) is 0.684. The molecule has 0 radical (unpaired) electrons. The largest absolute Gasteiger partial charge is 0.342 e. The topological polar surface area (TPSA) is 32.3 Å². The van der Waals surface area contributed by atoms with Crippen LogP contribution in [-0.2, 0) is 4.79 Å². The van der Waals surface area contributed by atoms with Crippen LogP contribution in [0.25, 0.3) is 0 Å². The van der Waals surface area contributed by atoms with E-state index >= 15 is 0 Å². The lowest BCUT2D eigenvalue weighted by molar-refractivity contribution is -0.130. The van der Waals surface area contributed by atoms with Crippen molar-refractivity contribution in [3.8, 4) is 0 Å². The molecule has 2 saturated heterocycles. The van der Waals surface area contributed by atoms with Crippen molar-refractivity contribution in [2.45, 2.75) is 27.7 Å². The van der Waals surface area contributed by atoms with Crippen LogP contribution in [0.3, 0.4) is 0 Å². The molecule has 0 unspecified atom stereocenters. The van der Waals surface area contributed by atoms with E-state index in [4.69, 9.17) is 0 Å². The molecular formula is C11H22N2O. The first kappa shape index (κ1) is 11.5. The van der Waals surface area contributed by atoms with Crippen molar-refractivity contribution in [1.29, 1.82) is 0 Å². The Bertz CT molecular complexity index is 217. The summed E-state index contributed by atoms with van der Waals surface area (Å²) in [5.74, 6) is 0.599. The summed E-state index contributed by atoms with van der Waals surface area (Å²) >= 11 is 0. The Hall–Kier alpha value is -0.570. The van der Waals surface area contributed by atoms with Gasteiger partial charge in [0.05, 0.1) is 5.92 Å². The summed E-state index contributed by atoms with van der Waals surface area (Å²) in [4.78, 5) is 13.7. The molecule has 2 rings (SSSR count). The predicted molar refractivity (Wildman–Crippen MR) is 58.1 cm³/mol. The van der Waals surface area contributed by atoms with E-state index in [9.17, 15) is 4.79 Å². The lowest BCUT2D eigenvalue weighted by Gasteiger charge is -2.20. The molecule has 0 spiro atoms. The zero-order valence-electron chi connectivity index (χ0n) is 9.76. The molecule has 2 aliphatic heterocycles. The van der Waals surface area contributed by atoms with Crippen molar-refractivity contribution in [3.63, 3.8) is 0 Å². The molecule has 0 aromatic carbocycles. The van der Waals surface area contributed by atoms with Crippen LogP contribution in [0.1, 0.15) is 27.7 Å². The molecule has 1 amide bonds. The van der Waals surface area contributed by atoms with Crippen LogP contribution >= 0.6 is 0 Å². The Morgan fingerprint density at radius 3 is 2.71 bits per heavy atom. The van der Waals surface area contributed by atoms with Gasteiger partial charge in [-0.3, -0.25) is 4.79 Å². The van der Waals surface area contributed by atoms with Gasteiger partial charge in [0.25, 0.3) is 0 Å². The second-order valence-electron chi connectivity index (χ2n) is 4.19. The number of fused-ring (bicyclic) bond motifs is 1. The van der Waals surface area contributed by atoms with E-state index in [2.05, 4.69) is 19.2 Å². The Morgan fingerprint density at radius 2 is 2.21 bits per heavy atom. The van der Waals surface area contributed by atoms with Crippen molar-refractivity contribution in [1.82, 2.24) is 10.2 Å². The monoisotopic (exact) mass is 198 g/mol. The van der Waals surface area contributed by atoms with Gasteiger partial charge in [-0.2, -0.15) is 0 Å². The minimum Gasteiger partial charge on any atom is -0.342 e. The zero-order valence-corrected chi connectivity index (χ0v) is 9.76. The smallest absolute Gasteiger partial charge is 0.227 e. The van der Waals surface area contributed by atoms with E-state index in [0.29, 0.717) is 5.91 Å². The SMILES string of the molecule is CC.CCN1C[C@]2(C)CNC[C@@H]2C1=O. The summed E-state index contributed by atoms with van der Waals surface area (Å²) in [5.41, 5.74) is 0.215. The van der Waals surface area contributed by atoms with E-state index in [-0.39, 0.29) is 11.3 Å². The highest BCUT2D eigenvalue weighted by Gasteiger charge is 2.51. The number of nitrogens with one attached hydrogen (secondary N) is 1. The summed E-state index contributed by atoms with van der Waals surface area (Å²) in [6.07, 6.45) is 0. The van der Waals surface area contributed by atoms with Gasteiger partial charge in [0.2, 0.25) is 5.91 Å². The van der Waals surface area contributed by atoms with E-state index in [1.54, 1.807) is 0 Å². The summed E-state index contributed by atoms with van der Waals surface area (Å²) in [6.45, 7) is 12.0. The van der Waals surface area contributed by atoms with Gasteiger partial charge in [-0.25, -0.2) is 0 Å². The van der Waals surface area contributed by atoms with E-state index < -0.39 is 0 Å². The van der Waals surface area contributed by atoms with Crippen molar-refractivity contribution >= 4 is 5.91 Å². The molecule has 2 atom stereocenters. The highest BCUT2D eigenvalue weighted by atomic mass is 16.2. The van der Waals surface area contributed by atoms with E-state index in [0.717, 1.165) is 26.2 Å². The van der Waals surface area contributed by atoms with Crippen LogP contribution in [0.4, 0.5) is 0 Å². The Kier molecular flexibility index (Phi) is 3.53. The van der Waals surface area contributed by atoms with E-state index in [1.807, 2.05) is 18.7 Å². The molecule has 14 heavy (non-hydrogen) atoms. The van der Waals surface area contributed by atoms with E-state index in [1.165, 1.54) is 0 Å². The average Bonchev–Trinajstić information content (AvgIpc) is 2.68. The molecule has 3 heteroatoms. The van der Waals surface area contributed by atoms with Crippen molar-refractivity contribution in [2.75, 3.05) is 26.2 Å². The number of hydrogen-bond donors (Lipinski definition) is 1. The Labute approximate surface area is 86.9 Å². The molecule has 1 N–H and O–H groups in total. The highest BCUT2D eigenvalue weighted by Crippen LogP contribution is 2.38. The number of nitrogens with zero attached hydrogens (tertiary/aromatic N) is 1. The number of likely N-dealkylation sites (tertiary alicyclic amines) is 1. The maximum atomic E-state index is 11.7. The maximum Gasteiger partial charge on any atom is 0.227 e. The minimum atomic E-state index is 0.215. The molecule has 0 aliphatic carbocycles.